The minimum atomic E-state index is -0.0266. The predicted molar refractivity (Wildman–Crippen MR) is 126 cm³/mol. The zero-order chi connectivity index (χ0) is 22.2. The van der Waals surface area contributed by atoms with E-state index in [4.69, 9.17) is 4.74 Å². The average molecular weight is 432 g/mol. The van der Waals surface area contributed by atoms with Gasteiger partial charge in [0.1, 0.15) is 0 Å². The number of benzene rings is 3. The highest BCUT2D eigenvalue weighted by Crippen LogP contribution is 2.19. The van der Waals surface area contributed by atoms with Crippen molar-refractivity contribution in [3.05, 3.63) is 77.9 Å². The Labute approximate surface area is 188 Å². The van der Waals surface area contributed by atoms with Crippen molar-refractivity contribution in [3.63, 3.8) is 0 Å². The maximum atomic E-state index is 12.5. The summed E-state index contributed by atoms with van der Waals surface area (Å²) in [4.78, 5) is 27.1. The van der Waals surface area contributed by atoms with Crippen LogP contribution in [0.4, 0.5) is 5.69 Å². The van der Waals surface area contributed by atoms with E-state index in [2.05, 4.69) is 27.7 Å². The Morgan fingerprint density at radius 2 is 1.69 bits per heavy atom. The monoisotopic (exact) mass is 431 g/mol. The molecule has 1 fully saturated rings. The Balaban J connectivity index is 1.27. The molecule has 3 aromatic rings. The standard InChI is InChI=1S/C26H29N3O3/c30-25(11-12-29-13-15-32-16-14-29)28-23-9-3-5-20(17-23)19-27-26(31)18-22-8-4-7-21-6-1-2-10-24(21)22/h1-10,17H,11-16,18-19H2,(H,27,31)(H,28,30). The van der Waals surface area contributed by atoms with Gasteiger partial charge < -0.3 is 15.4 Å². The van der Waals surface area contributed by atoms with Crippen LogP contribution in [0, 0.1) is 0 Å². The van der Waals surface area contributed by atoms with E-state index in [-0.39, 0.29) is 11.8 Å². The fourth-order valence-electron chi connectivity index (χ4n) is 3.95. The molecule has 3 aromatic carbocycles. The van der Waals surface area contributed by atoms with Crippen LogP contribution in [0.2, 0.25) is 0 Å². The number of morpholine rings is 1. The SMILES string of the molecule is O=C(Cc1cccc2ccccc12)NCc1cccc(NC(=O)CCN2CCOCC2)c1. The maximum absolute atomic E-state index is 12.5. The first-order valence-corrected chi connectivity index (χ1v) is 11.1. The molecule has 4 rings (SSSR count). The van der Waals surface area contributed by atoms with E-state index in [9.17, 15) is 9.59 Å². The highest BCUT2D eigenvalue weighted by molar-refractivity contribution is 5.91. The van der Waals surface area contributed by atoms with Gasteiger partial charge in [-0.25, -0.2) is 0 Å². The molecular weight excluding hydrogens is 402 g/mol. The summed E-state index contributed by atoms with van der Waals surface area (Å²) in [6.07, 6.45) is 0.783. The predicted octanol–water partition coefficient (Wildman–Crippen LogP) is 3.36. The van der Waals surface area contributed by atoms with Crippen LogP contribution in [0.25, 0.3) is 10.8 Å². The number of anilines is 1. The zero-order valence-electron chi connectivity index (χ0n) is 18.2. The molecule has 0 saturated carbocycles. The molecule has 1 heterocycles. The molecule has 0 bridgehead atoms. The van der Waals surface area contributed by atoms with Crippen LogP contribution in [-0.2, 0) is 27.3 Å². The van der Waals surface area contributed by atoms with E-state index < -0.39 is 0 Å². The highest BCUT2D eigenvalue weighted by Gasteiger charge is 2.12. The van der Waals surface area contributed by atoms with Crippen molar-refractivity contribution in [1.82, 2.24) is 10.2 Å². The number of ether oxygens (including phenoxy) is 1. The van der Waals surface area contributed by atoms with Crippen molar-refractivity contribution in [1.29, 1.82) is 0 Å². The lowest BCUT2D eigenvalue weighted by atomic mass is 10.0. The van der Waals surface area contributed by atoms with Crippen LogP contribution in [-0.4, -0.2) is 49.6 Å². The molecule has 0 aromatic heterocycles. The lowest BCUT2D eigenvalue weighted by molar-refractivity contribution is -0.120. The smallest absolute Gasteiger partial charge is 0.225 e. The summed E-state index contributed by atoms with van der Waals surface area (Å²) in [5.74, 6) is -0.0325. The number of hydrogen-bond donors (Lipinski definition) is 2. The lowest BCUT2D eigenvalue weighted by Gasteiger charge is -2.26. The highest BCUT2D eigenvalue weighted by atomic mass is 16.5. The van der Waals surface area contributed by atoms with Crippen LogP contribution < -0.4 is 10.6 Å². The summed E-state index contributed by atoms with van der Waals surface area (Å²) >= 11 is 0. The van der Waals surface area contributed by atoms with Crippen molar-refractivity contribution in [2.24, 2.45) is 0 Å². The Hall–Kier alpha value is -3.22. The largest absolute Gasteiger partial charge is 0.379 e. The second-order valence-electron chi connectivity index (χ2n) is 8.04. The molecule has 1 aliphatic rings. The molecule has 0 unspecified atom stereocenters. The molecule has 0 atom stereocenters. The number of carbonyl (C=O) groups excluding carboxylic acids is 2. The summed E-state index contributed by atoms with van der Waals surface area (Å²) in [5.41, 5.74) is 2.71. The van der Waals surface area contributed by atoms with Crippen molar-refractivity contribution in [2.75, 3.05) is 38.2 Å². The third kappa shape index (κ3) is 6.15. The Kier molecular flexibility index (Phi) is 7.48. The van der Waals surface area contributed by atoms with E-state index in [1.54, 1.807) is 0 Å². The van der Waals surface area contributed by atoms with Crippen LogP contribution in [0.3, 0.4) is 0 Å². The first kappa shape index (κ1) is 22.0. The summed E-state index contributed by atoms with van der Waals surface area (Å²) in [7, 11) is 0. The van der Waals surface area contributed by atoms with E-state index >= 15 is 0 Å². The van der Waals surface area contributed by atoms with E-state index in [1.165, 1.54) is 0 Å². The number of fused-ring (bicyclic) bond motifs is 1. The average Bonchev–Trinajstić information content (AvgIpc) is 2.83. The number of nitrogens with one attached hydrogen (secondary N) is 2. The summed E-state index contributed by atoms with van der Waals surface area (Å²) in [6.45, 7) is 4.37. The molecule has 2 amide bonds. The van der Waals surface area contributed by atoms with Gasteiger partial charge >= 0.3 is 0 Å². The second kappa shape index (κ2) is 10.9. The van der Waals surface area contributed by atoms with Gasteiger partial charge in [-0.05, 0) is 34.0 Å². The van der Waals surface area contributed by atoms with Crippen LogP contribution in [0.1, 0.15) is 17.5 Å². The Bertz CT molecular complexity index is 1070. The molecule has 6 heteroatoms. The fourth-order valence-corrected chi connectivity index (χ4v) is 3.95. The summed E-state index contributed by atoms with van der Waals surface area (Å²) in [6, 6.07) is 21.7. The molecule has 0 radical (unpaired) electrons. The summed E-state index contributed by atoms with van der Waals surface area (Å²) in [5, 5.41) is 8.19. The van der Waals surface area contributed by atoms with Crippen molar-refractivity contribution in [2.45, 2.75) is 19.4 Å². The van der Waals surface area contributed by atoms with Crippen LogP contribution in [0.15, 0.2) is 66.7 Å². The van der Waals surface area contributed by atoms with E-state index in [1.807, 2.05) is 54.6 Å². The van der Waals surface area contributed by atoms with Gasteiger partial charge in [0.25, 0.3) is 0 Å². The van der Waals surface area contributed by atoms with Gasteiger partial charge in [0, 0.05) is 38.3 Å². The Morgan fingerprint density at radius 1 is 0.906 bits per heavy atom. The number of hydrogen-bond acceptors (Lipinski definition) is 4. The number of amides is 2. The normalized spacial score (nSPS) is 14.2. The third-order valence-corrected chi connectivity index (χ3v) is 5.69. The molecule has 166 valence electrons. The Morgan fingerprint density at radius 3 is 2.56 bits per heavy atom. The number of carbonyl (C=O) groups is 2. The molecule has 1 saturated heterocycles. The molecular formula is C26H29N3O3. The molecule has 32 heavy (non-hydrogen) atoms. The van der Waals surface area contributed by atoms with Gasteiger partial charge in [-0.2, -0.15) is 0 Å². The van der Waals surface area contributed by atoms with Crippen LogP contribution in [0.5, 0.6) is 0 Å². The minimum absolute atomic E-state index is 0.00590. The van der Waals surface area contributed by atoms with Crippen LogP contribution >= 0.6 is 0 Å². The van der Waals surface area contributed by atoms with E-state index in [0.717, 1.165) is 60.4 Å². The molecule has 6 nitrogen and oxygen atoms in total. The molecule has 0 spiro atoms. The van der Waals surface area contributed by atoms with Gasteiger partial charge in [0.2, 0.25) is 11.8 Å². The van der Waals surface area contributed by atoms with Gasteiger partial charge in [-0.1, -0.05) is 54.6 Å². The van der Waals surface area contributed by atoms with Gasteiger partial charge in [0.05, 0.1) is 19.6 Å². The fraction of sp³-hybridized carbons (Fsp3) is 0.308. The molecule has 2 N–H and O–H groups in total. The molecule has 1 aliphatic heterocycles. The summed E-state index contributed by atoms with van der Waals surface area (Å²) < 4.78 is 5.34. The maximum Gasteiger partial charge on any atom is 0.225 e. The molecule has 0 aliphatic carbocycles. The number of nitrogens with zero attached hydrogens (tertiary/aromatic N) is 1. The second-order valence-corrected chi connectivity index (χ2v) is 8.04. The lowest BCUT2D eigenvalue weighted by Crippen LogP contribution is -2.38. The number of rotatable bonds is 8. The van der Waals surface area contributed by atoms with Gasteiger partial charge in [-0.15, -0.1) is 0 Å². The van der Waals surface area contributed by atoms with Crippen molar-refractivity contribution in [3.8, 4) is 0 Å². The first-order chi connectivity index (χ1) is 15.7. The van der Waals surface area contributed by atoms with E-state index in [0.29, 0.717) is 19.4 Å². The van der Waals surface area contributed by atoms with Crippen molar-refractivity contribution < 1.29 is 14.3 Å². The van der Waals surface area contributed by atoms with Gasteiger partial charge in [0.15, 0.2) is 0 Å². The van der Waals surface area contributed by atoms with Crippen molar-refractivity contribution >= 4 is 28.3 Å². The minimum Gasteiger partial charge on any atom is -0.379 e. The van der Waals surface area contributed by atoms with Gasteiger partial charge in [-0.3, -0.25) is 14.5 Å². The quantitative estimate of drug-likeness (QED) is 0.574. The zero-order valence-corrected chi connectivity index (χ0v) is 18.2. The topological polar surface area (TPSA) is 70.7 Å². The third-order valence-electron chi connectivity index (χ3n) is 5.69. The first-order valence-electron chi connectivity index (χ1n) is 11.1.